The van der Waals surface area contributed by atoms with Crippen molar-refractivity contribution in [2.45, 2.75) is 44.1 Å². The summed E-state index contributed by atoms with van der Waals surface area (Å²) in [5.41, 5.74) is 1.73. The molecular weight excluding hydrogens is 232 g/mol. The number of hydrogen-bond acceptors (Lipinski definition) is 2. The molecule has 1 aromatic carbocycles. The highest BCUT2D eigenvalue weighted by Crippen LogP contribution is 2.36. The van der Waals surface area contributed by atoms with Gasteiger partial charge in [-0.05, 0) is 52.0 Å². The topological polar surface area (TPSA) is 15.3 Å². The van der Waals surface area contributed by atoms with Crippen molar-refractivity contribution in [3.63, 3.8) is 0 Å². The largest absolute Gasteiger partial charge is 0.309 e. The predicted octanol–water partition coefficient (Wildman–Crippen LogP) is 3.39. The van der Waals surface area contributed by atoms with Crippen molar-refractivity contribution < 1.29 is 0 Å². The first-order chi connectivity index (χ1) is 9.23. The van der Waals surface area contributed by atoms with Crippen LogP contribution in [0.15, 0.2) is 30.3 Å². The minimum atomic E-state index is 0.242. The van der Waals surface area contributed by atoms with Crippen LogP contribution in [0.1, 0.15) is 44.1 Å². The molecule has 2 heteroatoms. The first-order valence-corrected chi connectivity index (χ1v) is 7.68. The predicted molar refractivity (Wildman–Crippen MR) is 82.4 cm³/mol. The van der Waals surface area contributed by atoms with Gasteiger partial charge in [0.25, 0.3) is 0 Å². The standard InChI is InChI=1S/C17H28N2/c1-19(2)15-9-14-18-17(12-7-4-8-13-17)16-10-5-3-6-11-16/h3,5-6,10-11,18H,4,7-9,12-15H2,1-2H3. The fraction of sp³-hybridized carbons (Fsp3) is 0.647. The van der Waals surface area contributed by atoms with Crippen LogP contribution in [-0.2, 0) is 5.54 Å². The second-order valence-electron chi connectivity index (χ2n) is 6.09. The van der Waals surface area contributed by atoms with E-state index < -0.39 is 0 Å². The van der Waals surface area contributed by atoms with E-state index >= 15 is 0 Å². The van der Waals surface area contributed by atoms with Crippen LogP contribution >= 0.6 is 0 Å². The zero-order valence-electron chi connectivity index (χ0n) is 12.5. The number of nitrogens with zero attached hydrogens (tertiary/aromatic N) is 1. The van der Waals surface area contributed by atoms with Crippen molar-refractivity contribution in [1.82, 2.24) is 10.2 Å². The van der Waals surface area contributed by atoms with E-state index in [4.69, 9.17) is 0 Å². The Kier molecular flexibility index (Phi) is 5.41. The van der Waals surface area contributed by atoms with Crippen molar-refractivity contribution >= 4 is 0 Å². The summed E-state index contributed by atoms with van der Waals surface area (Å²) in [6, 6.07) is 11.1. The Morgan fingerprint density at radius 1 is 1.05 bits per heavy atom. The zero-order valence-corrected chi connectivity index (χ0v) is 12.5. The molecule has 19 heavy (non-hydrogen) atoms. The van der Waals surface area contributed by atoms with Gasteiger partial charge in [-0.1, -0.05) is 49.6 Å². The van der Waals surface area contributed by atoms with Crippen LogP contribution in [0.5, 0.6) is 0 Å². The van der Waals surface area contributed by atoms with Crippen LogP contribution in [0.25, 0.3) is 0 Å². The van der Waals surface area contributed by atoms with Crippen molar-refractivity contribution in [3.05, 3.63) is 35.9 Å². The van der Waals surface area contributed by atoms with E-state index in [-0.39, 0.29) is 5.54 Å². The number of hydrogen-bond donors (Lipinski definition) is 1. The van der Waals surface area contributed by atoms with Gasteiger partial charge in [0.2, 0.25) is 0 Å². The molecule has 0 aliphatic heterocycles. The Morgan fingerprint density at radius 3 is 2.37 bits per heavy atom. The second-order valence-corrected chi connectivity index (χ2v) is 6.09. The number of rotatable bonds is 6. The Hall–Kier alpha value is -0.860. The van der Waals surface area contributed by atoms with Crippen LogP contribution in [0.4, 0.5) is 0 Å². The molecular formula is C17H28N2. The summed E-state index contributed by atoms with van der Waals surface area (Å²) in [7, 11) is 4.29. The Bertz CT molecular complexity index is 353. The quantitative estimate of drug-likeness (QED) is 0.789. The Labute approximate surface area is 118 Å². The van der Waals surface area contributed by atoms with Gasteiger partial charge in [0.05, 0.1) is 0 Å². The van der Waals surface area contributed by atoms with Gasteiger partial charge in [0.15, 0.2) is 0 Å². The van der Waals surface area contributed by atoms with Crippen molar-refractivity contribution in [3.8, 4) is 0 Å². The molecule has 0 saturated heterocycles. The SMILES string of the molecule is CN(C)CCCNC1(c2ccccc2)CCCCC1. The van der Waals surface area contributed by atoms with E-state index in [1.165, 1.54) is 44.1 Å². The molecule has 1 aliphatic carbocycles. The average molecular weight is 260 g/mol. The van der Waals surface area contributed by atoms with Crippen LogP contribution in [-0.4, -0.2) is 32.1 Å². The molecule has 0 amide bonds. The minimum absolute atomic E-state index is 0.242. The summed E-state index contributed by atoms with van der Waals surface area (Å²) in [5.74, 6) is 0. The average Bonchev–Trinajstić information content (AvgIpc) is 2.45. The normalized spacial score (nSPS) is 18.7. The number of benzene rings is 1. The summed E-state index contributed by atoms with van der Waals surface area (Å²) in [6.45, 7) is 2.28. The summed E-state index contributed by atoms with van der Waals surface area (Å²) < 4.78 is 0. The van der Waals surface area contributed by atoms with E-state index in [9.17, 15) is 0 Å². The van der Waals surface area contributed by atoms with Gasteiger partial charge >= 0.3 is 0 Å². The lowest BCUT2D eigenvalue weighted by atomic mass is 9.76. The highest BCUT2D eigenvalue weighted by atomic mass is 15.1. The van der Waals surface area contributed by atoms with Crippen molar-refractivity contribution in [2.75, 3.05) is 27.2 Å². The molecule has 0 heterocycles. The lowest BCUT2D eigenvalue weighted by Gasteiger charge is -2.39. The molecule has 1 aromatic rings. The molecule has 0 spiro atoms. The van der Waals surface area contributed by atoms with Gasteiger partial charge in [-0.15, -0.1) is 0 Å². The van der Waals surface area contributed by atoms with Gasteiger partial charge in [0, 0.05) is 5.54 Å². The molecule has 2 rings (SSSR count). The van der Waals surface area contributed by atoms with Crippen LogP contribution in [0.3, 0.4) is 0 Å². The van der Waals surface area contributed by atoms with Crippen molar-refractivity contribution in [2.24, 2.45) is 0 Å². The zero-order chi connectivity index (χ0) is 13.6. The molecule has 0 atom stereocenters. The van der Waals surface area contributed by atoms with E-state index in [1.54, 1.807) is 0 Å². The highest BCUT2D eigenvalue weighted by Gasteiger charge is 2.32. The lowest BCUT2D eigenvalue weighted by Crippen LogP contribution is -2.44. The fourth-order valence-corrected chi connectivity index (χ4v) is 3.20. The maximum atomic E-state index is 3.88. The first kappa shape index (κ1) is 14.5. The molecule has 1 aliphatic rings. The van der Waals surface area contributed by atoms with E-state index in [1.807, 2.05) is 0 Å². The molecule has 2 nitrogen and oxygen atoms in total. The molecule has 1 saturated carbocycles. The second kappa shape index (κ2) is 7.06. The van der Waals surface area contributed by atoms with E-state index in [0.717, 1.165) is 13.1 Å². The van der Waals surface area contributed by atoms with E-state index in [0.29, 0.717) is 0 Å². The summed E-state index contributed by atoms with van der Waals surface area (Å²) >= 11 is 0. The first-order valence-electron chi connectivity index (χ1n) is 7.68. The van der Waals surface area contributed by atoms with Crippen LogP contribution < -0.4 is 5.32 Å². The number of nitrogens with one attached hydrogen (secondary N) is 1. The van der Waals surface area contributed by atoms with Gasteiger partial charge in [-0.25, -0.2) is 0 Å². The fourth-order valence-electron chi connectivity index (χ4n) is 3.20. The molecule has 0 aromatic heterocycles. The Balaban J connectivity index is 1.99. The maximum Gasteiger partial charge on any atom is 0.0434 e. The summed E-state index contributed by atoms with van der Waals surface area (Å²) in [4.78, 5) is 2.26. The molecule has 0 unspecified atom stereocenters. The summed E-state index contributed by atoms with van der Waals surface area (Å²) in [6.07, 6.45) is 7.92. The maximum absolute atomic E-state index is 3.88. The van der Waals surface area contributed by atoms with Crippen molar-refractivity contribution in [1.29, 1.82) is 0 Å². The summed E-state index contributed by atoms with van der Waals surface area (Å²) in [5, 5.41) is 3.88. The molecule has 0 bridgehead atoms. The third kappa shape index (κ3) is 4.05. The molecule has 1 N–H and O–H groups in total. The molecule has 1 fully saturated rings. The third-order valence-corrected chi connectivity index (χ3v) is 4.28. The minimum Gasteiger partial charge on any atom is -0.309 e. The van der Waals surface area contributed by atoms with Crippen LogP contribution in [0.2, 0.25) is 0 Å². The van der Waals surface area contributed by atoms with Gasteiger partial charge < -0.3 is 10.2 Å². The highest BCUT2D eigenvalue weighted by molar-refractivity contribution is 5.25. The molecule has 0 radical (unpaired) electrons. The van der Waals surface area contributed by atoms with Gasteiger partial charge in [-0.2, -0.15) is 0 Å². The molecule has 106 valence electrons. The Morgan fingerprint density at radius 2 is 1.74 bits per heavy atom. The van der Waals surface area contributed by atoms with Gasteiger partial charge in [-0.3, -0.25) is 0 Å². The third-order valence-electron chi connectivity index (χ3n) is 4.28. The van der Waals surface area contributed by atoms with Crippen LogP contribution in [0, 0.1) is 0 Å². The van der Waals surface area contributed by atoms with E-state index in [2.05, 4.69) is 54.6 Å². The monoisotopic (exact) mass is 260 g/mol. The van der Waals surface area contributed by atoms with Gasteiger partial charge in [0.1, 0.15) is 0 Å². The lowest BCUT2D eigenvalue weighted by molar-refractivity contribution is 0.229. The smallest absolute Gasteiger partial charge is 0.0434 e.